The molecule has 0 unspecified atom stereocenters. The van der Waals surface area contributed by atoms with Crippen molar-refractivity contribution in [1.82, 2.24) is 20.2 Å². The third-order valence-corrected chi connectivity index (χ3v) is 5.86. The van der Waals surface area contributed by atoms with Crippen molar-refractivity contribution in [1.29, 1.82) is 0 Å². The second kappa shape index (κ2) is 9.68. The van der Waals surface area contributed by atoms with E-state index < -0.39 is 0 Å². The third kappa shape index (κ3) is 5.45. The fraction of sp³-hybridized carbons (Fsp3) is 0.208. The Kier molecular flexibility index (Phi) is 6.54. The number of anilines is 1. The molecule has 2 heterocycles. The topological polar surface area (TPSA) is 70.2 Å². The lowest BCUT2D eigenvalue weighted by Crippen LogP contribution is -2.31. The minimum absolute atomic E-state index is 0.0488. The Morgan fingerprint density at radius 2 is 1.87 bits per heavy atom. The number of rotatable bonds is 8. The lowest BCUT2D eigenvalue weighted by atomic mass is 10.1. The molecule has 0 saturated heterocycles. The van der Waals surface area contributed by atoms with Crippen LogP contribution >= 0.6 is 11.3 Å². The molecule has 2 aromatic heterocycles. The Hall–Kier alpha value is -3.29. The quantitative estimate of drug-likeness (QED) is 0.436. The Morgan fingerprint density at radius 3 is 2.68 bits per heavy atom. The van der Waals surface area contributed by atoms with Crippen LogP contribution in [0.15, 0.2) is 67.0 Å². The van der Waals surface area contributed by atoms with Crippen LogP contribution in [0, 0.1) is 0 Å². The molecule has 0 radical (unpaired) electrons. The number of hydrogen-bond acceptors (Lipinski definition) is 6. The van der Waals surface area contributed by atoms with Crippen LogP contribution < -0.4 is 10.6 Å². The van der Waals surface area contributed by atoms with Gasteiger partial charge in [0.2, 0.25) is 0 Å². The molecule has 0 aliphatic carbocycles. The fourth-order valence-electron chi connectivity index (χ4n) is 3.22. The molecular weight excluding hydrogens is 406 g/mol. The highest BCUT2D eigenvalue weighted by molar-refractivity contribution is 7.22. The van der Waals surface area contributed by atoms with Gasteiger partial charge in [-0.3, -0.25) is 9.78 Å². The summed E-state index contributed by atoms with van der Waals surface area (Å²) in [4.78, 5) is 23.2. The van der Waals surface area contributed by atoms with E-state index in [1.807, 2.05) is 61.5 Å². The second-order valence-corrected chi connectivity index (χ2v) is 8.58. The molecule has 7 heteroatoms. The zero-order valence-electron chi connectivity index (χ0n) is 17.6. The summed E-state index contributed by atoms with van der Waals surface area (Å²) in [6.45, 7) is 2.05. The average molecular weight is 432 g/mol. The van der Waals surface area contributed by atoms with Crippen molar-refractivity contribution in [2.24, 2.45) is 0 Å². The van der Waals surface area contributed by atoms with E-state index in [0.717, 1.165) is 38.6 Å². The predicted octanol–water partition coefficient (Wildman–Crippen LogP) is 4.26. The molecule has 0 saturated carbocycles. The van der Waals surface area contributed by atoms with Crippen LogP contribution in [0.25, 0.3) is 21.3 Å². The number of benzene rings is 2. The second-order valence-electron chi connectivity index (χ2n) is 7.55. The fourth-order valence-corrected chi connectivity index (χ4v) is 4.12. The molecule has 1 amide bonds. The normalized spacial score (nSPS) is 11.1. The van der Waals surface area contributed by atoms with Crippen LogP contribution in [0.2, 0.25) is 0 Å². The Balaban J connectivity index is 1.41. The first kappa shape index (κ1) is 21.0. The molecule has 6 nitrogen and oxygen atoms in total. The molecule has 2 N–H and O–H groups in total. The number of carbonyl (C=O) groups excluding carboxylic acids is 1. The van der Waals surface area contributed by atoms with Gasteiger partial charge in [0.1, 0.15) is 0 Å². The standard InChI is InChI=1S/C24H25N5OS/c1-29(2)13-12-26-23(30)20-5-3-4-17(14-20)16-27-24-28-21-7-6-19(15-22(21)31-24)18-8-10-25-11-9-18/h3-11,14-15H,12-13,16H2,1-2H3,(H,26,30)(H,27,28). The molecule has 2 aromatic carbocycles. The molecule has 0 spiro atoms. The first-order valence-electron chi connectivity index (χ1n) is 10.2. The lowest BCUT2D eigenvalue weighted by Gasteiger charge is -2.11. The van der Waals surface area contributed by atoms with E-state index in [0.29, 0.717) is 18.7 Å². The Bertz CT molecular complexity index is 1170. The van der Waals surface area contributed by atoms with Crippen molar-refractivity contribution >= 4 is 32.6 Å². The summed E-state index contributed by atoms with van der Waals surface area (Å²) < 4.78 is 1.13. The number of likely N-dealkylation sites (N-methyl/N-ethyl adjacent to an activating group) is 1. The maximum Gasteiger partial charge on any atom is 0.251 e. The van der Waals surface area contributed by atoms with Gasteiger partial charge >= 0.3 is 0 Å². The van der Waals surface area contributed by atoms with Gasteiger partial charge in [0.25, 0.3) is 5.91 Å². The van der Waals surface area contributed by atoms with Crippen molar-refractivity contribution in [3.8, 4) is 11.1 Å². The first-order chi connectivity index (χ1) is 15.1. The van der Waals surface area contributed by atoms with Crippen LogP contribution in [0.1, 0.15) is 15.9 Å². The zero-order valence-corrected chi connectivity index (χ0v) is 18.4. The SMILES string of the molecule is CN(C)CCNC(=O)c1cccc(CNc2nc3ccc(-c4ccncc4)cc3s2)c1. The maximum absolute atomic E-state index is 12.4. The minimum atomic E-state index is -0.0488. The lowest BCUT2D eigenvalue weighted by molar-refractivity contribution is 0.0951. The van der Waals surface area contributed by atoms with Crippen LogP contribution in [-0.2, 0) is 6.54 Å². The largest absolute Gasteiger partial charge is 0.357 e. The van der Waals surface area contributed by atoms with E-state index in [4.69, 9.17) is 0 Å². The first-order valence-corrected chi connectivity index (χ1v) is 11.0. The summed E-state index contributed by atoms with van der Waals surface area (Å²) in [5.41, 5.74) is 4.97. The van der Waals surface area contributed by atoms with Gasteiger partial charge in [0.05, 0.1) is 10.2 Å². The molecule has 4 rings (SSSR count). The van der Waals surface area contributed by atoms with E-state index >= 15 is 0 Å². The Morgan fingerprint density at radius 1 is 1.03 bits per heavy atom. The number of amides is 1. The van der Waals surface area contributed by atoms with E-state index in [2.05, 4.69) is 32.7 Å². The smallest absolute Gasteiger partial charge is 0.251 e. The van der Waals surface area contributed by atoms with E-state index in [1.54, 1.807) is 23.7 Å². The van der Waals surface area contributed by atoms with Gasteiger partial charge in [-0.25, -0.2) is 4.98 Å². The number of pyridine rings is 1. The van der Waals surface area contributed by atoms with Crippen molar-refractivity contribution in [3.63, 3.8) is 0 Å². The van der Waals surface area contributed by atoms with Crippen molar-refractivity contribution in [2.75, 3.05) is 32.5 Å². The van der Waals surface area contributed by atoms with Gasteiger partial charge in [-0.15, -0.1) is 0 Å². The van der Waals surface area contributed by atoms with Gasteiger partial charge in [0.15, 0.2) is 5.13 Å². The minimum Gasteiger partial charge on any atom is -0.357 e. The van der Waals surface area contributed by atoms with Gasteiger partial charge in [-0.1, -0.05) is 29.5 Å². The number of hydrogen-bond donors (Lipinski definition) is 2. The number of carbonyl (C=O) groups is 1. The number of fused-ring (bicyclic) bond motifs is 1. The van der Waals surface area contributed by atoms with E-state index in [-0.39, 0.29) is 5.91 Å². The summed E-state index contributed by atoms with van der Waals surface area (Å²) in [5, 5.41) is 7.21. The molecule has 31 heavy (non-hydrogen) atoms. The van der Waals surface area contributed by atoms with Crippen LogP contribution in [0.5, 0.6) is 0 Å². The van der Waals surface area contributed by atoms with Gasteiger partial charge in [-0.05, 0) is 67.2 Å². The third-order valence-electron chi connectivity index (χ3n) is 4.88. The molecule has 0 fully saturated rings. The van der Waals surface area contributed by atoms with Crippen LogP contribution in [0.4, 0.5) is 5.13 Å². The number of nitrogens with zero attached hydrogens (tertiary/aromatic N) is 3. The van der Waals surface area contributed by atoms with E-state index in [1.165, 1.54) is 0 Å². The van der Waals surface area contributed by atoms with Crippen molar-refractivity contribution in [3.05, 3.63) is 78.1 Å². The Labute approximate surface area is 186 Å². The number of nitrogens with one attached hydrogen (secondary N) is 2. The maximum atomic E-state index is 12.4. The number of thiazole rings is 1. The van der Waals surface area contributed by atoms with Crippen LogP contribution in [-0.4, -0.2) is 48.0 Å². The number of aromatic nitrogens is 2. The molecule has 0 bridgehead atoms. The highest BCUT2D eigenvalue weighted by Gasteiger charge is 2.08. The summed E-state index contributed by atoms with van der Waals surface area (Å²) in [7, 11) is 3.97. The van der Waals surface area contributed by atoms with Gasteiger partial charge in [-0.2, -0.15) is 0 Å². The summed E-state index contributed by atoms with van der Waals surface area (Å²) >= 11 is 1.63. The highest BCUT2D eigenvalue weighted by Crippen LogP contribution is 2.30. The highest BCUT2D eigenvalue weighted by atomic mass is 32.1. The summed E-state index contributed by atoms with van der Waals surface area (Å²) in [6, 6.07) is 18.0. The predicted molar refractivity (Wildman–Crippen MR) is 128 cm³/mol. The van der Waals surface area contributed by atoms with Crippen molar-refractivity contribution in [2.45, 2.75) is 6.54 Å². The summed E-state index contributed by atoms with van der Waals surface area (Å²) in [6.07, 6.45) is 3.60. The average Bonchev–Trinajstić information content (AvgIpc) is 3.20. The van der Waals surface area contributed by atoms with Gasteiger partial charge < -0.3 is 15.5 Å². The van der Waals surface area contributed by atoms with Gasteiger partial charge in [0, 0.05) is 37.6 Å². The van der Waals surface area contributed by atoms with Crippen molar-refractivity contribution < 1.29 is 4.79 Å². The molecule has 158 valence electrons. The molecular formula is C24H25N5OS. The molecule has 4 aromatic rings. The molecule has 0 aliphatic rings. The van der Waals surface area contributed by atoms with Crippen LogP contribution in [0.3, 0.4) is 0 Å². The molecule has 0 atom stereocenters. The monoisotopic (exact) mass is 431 g/mol. The summed E-state index contributed by atoms with van der Waals surface area (Å²) in [5.74, 6) is -0.0488. The molecule has 0 aliphatic heterocycles. The zero-order chi connectivity index (χ0) is 21.6. The van der Waals surface area contributed by atoms with E-state index in [9.17, 15) is 4.79 Å².